The average molecular weight is 246 g/mol. The quantitative estimate of drug-likeness (QED) is 0.904. The summed E-state index contributed by atoms with van der Waals surface area (Å²) in [6.45, 7) is 0. The molecule has 1 aliphatic carbocycles. The van der Waals surface area contributed by atoms with Crippen molar-refractivity contribution in [2.75, 3.05) is 0 Å². The van der Waals surface area contributed by atoms with Gasteiger partial charge in [0.2, 0.25) is 10.0 Å². The molecule has 1 aliphatic rings. The number of fused-ring (bicyclic) bond motifs is 1. The summed E-state index contributed by atoms with van der Waals surface area (Å²) in [5, 5.41) is 1.71. The van der Waals surface area contributed by atoms with Crippen molar-refractivity contribution in [2.24, 2.45) is 0 Å². The van der Waals surface area contributed by atoms with Gasteiger partial charge in [0.25, 0.3) is 0 Å². The van der Waals surface area contributed by atoms with E-state index in [2.05, 4.69) is 4.72 Å². The van der Waals surface area contributed by atoms with Gasteiger partial charge in [-0.05, 0) is 24.3 Å². The van der Waals surface area contributed by atoms with Crippen LogP contribution in [-0.4, -0.2) is 8.42 Å². The summed E-state index contributed by atoms with van der Waals surface area (Å²) >= 11 is 0. The summed E-state index contributed by atoms with van der Waals surface area (Å²) in [4.78, 5) is 0.356. The third-order valence-corrected chi connectivity index (χ3v) is 4.31. The van der Waals surface area contributed by atoms with Crippen LogP contribution in [0.2, 0.25) is 0 Å². The molecule has 0 amide bonds. The fourth-order valence-corrected chi connectivity index (χ4v) is 3.27. The zero-order valence-electron chi connectivity index (χ0n) is 9.18. The molecule has 2 aromatic carbocycles. The molecule has 1 fully saturated rings. The number of sulfonamides is 1. The van der Waals surface area contributed by atoms with E-state index in [1.807, 2.05) is 30.3 Å². The van der Waals surface area contributed by atoms with E-state index in [0.717, 1.165) is 29.7 Å². The van der Waals surface area contributed by atoms with E-state index >= 15 is 0 Å². The Labute approximate surface area is 101 Å². The fourth-order valence-electron chi connectivity index (χ4n) is 1.84. The lowest BCUT2D eigenvalue weighted by molar-refractivity contribution is 0.588. The topological polar surface area (TPSA) is 46.2 Å². The van der Waals surface area contributed by atoms with Crippen LogP contribution in [0.1, 0.15) is 12.8 Å². The van der Waals surface area contributed by atoms with Crippen molar-refractivity contribution in [3.05, 3.63) is 48.5 Å². The van der Waals surface area contributed by atoms with Gasteiger partial charge in [0, 0.05) is 5.39 Å². The second-order valence-corrected chi connectivity index (χ2v) is 5.84. The number of nitrogens with one attached hydrogen (secondary N) is 1. The summed E-state index contributed by atoms with van der Waals surface area (Å²) in [7, 11) is -3.41. The molecule has 0 saturated heterocycles. The van der Waals surface area contributed by atoms with Gasteiger partial charge in [-0.15, -0.1) is 0 Å². The van der Waals surface area contributed by atoms with E-state index in [1.165, 1.54) is 0 Å². The van der Waals surface area contributed by atoms with Crippen molar-refractivity contribution < 1.29 is 8.42 Å². The molecule has 87 valence electrons. The van der Waals surface area contributed by atoms with Gasteiger partial charge in [-0.1, -0.05) is 36.4 Å². The van der Waals surface area contributed by atoms with Crippen LogP contribution >= 0.6 is 0 Å². The van der Waals surface area contributed by atoms with Crippen molar-refractivity contribution in [2.45, 2.75) is 17.7 Å². The van der Waals surface area contributed by atoms with Crippen molar-refractivity contribution in [3.8, 4) is 0 Å². The van der Waals surface area contributed by atoms with Gasteiger partial charge in [-0.25, -0.2) is 13.1 Å². The van der Waals surface area contributed by atoms with Crippen molar-refractivity contribution in [1.82, 2.24) is 4.72 Å². The first-order chi connectivity index (χ1) is 8.17. The molecule has 0 bridgehead atoms. The molecule has 1 saturated carbocycles. The Morgan fingerprint density at radius 2 is 1.65 bits per heavy atom. The van der Waals surface area contributed by atoms with E-state index in [1.54, 1.807) is 12.1 Å². The highest BCUT2D eigenvalue weighted by Crippen LogP contribution is 2.31. The van der Waals surface area contributed by atoms with Gasteiger partial charge in [-0.2, -0.15) is 0 Å². The van der Waals surface area contributed by atoms with Gasteiger partial charge >= 0.3 is 0 Å². The Morgan fingerprint density at radius 3 is 2.41 bits per heavy atom. The van der Waals surface area contributed by atoms with Crippen molar-refractivity contribution in [3.63, 3.8) is 0 Å². The van der Waals surface area contributed by atoms with Crippen LogP contribution < -0.4 is 4.72 Å². The van der Waals surface area contributed by atoms with Gasteiger partial charge < -0.3 is 0 Å². The summed E-state index contributed by atoms with van der Waals surface area (Å²) in [5.41, 5.74) is 0. The van der Waals surface area contributed by atoms with Crippen LogP contribution in [0.3, 0.4) is 0 Å². The standard InChI is InChI=1S/C13H12NO2S/c15-17(16,14-11-8-9-11)13-7-3-5-10-4-1-2-6-12(10)13/h1-7,14H,8-9H2. The smallest absolute Gasteiger partial charge is 0.207 e. The average Bonchev–Trinajstić information content (AvgIpc) is 3.11. The third-order valence-electron chi connectivity index (χ3n) is 2.82. The predicted octanol–water partition coefficient (Wildman–Crippen LogP) is 2.44. The minimum absolute atomic E-state index is 0.356. The Kier molecular flexibility index (Phi) is 2.42. The molecule has 3 rings (SSSR count). The molecule has 17 heavy (non-hydrogen) atoms. The zero-order valence-corrected chi connectivity index (χ0v) is 10.00. The lowest BCUT2D eigenvalue weighted by Gasteiger charge is -2.08. The Balaban J connectivity index is 2.16. The minimum atomic E-state index is -3.41. The number of benzene rings is 2. The van der Waals surface area contributed by atoms with Crippen LogP contribution in [0, 0.1) is 6.04 Å². The highest BCUT2D eigenvalue weighted by Gasteiger charge is 2.29. The van der Waals surface area contributed by atoms with Crippen LogP contribution in [0.15, 0.2) is 47.4 Å². The van der Waals surface area contributed by atoms with Gasteiger partial charge in [-0.3, -0.25) is 0 Å². The van der Waals surface area contributed by atoms with Crippen LogP contribution in [-0.2, 0) is 10.0 Å². The number of hydrogen-bond donors (Lipinski definition) is 1. The molecular formula is C13H12NO2S. The van der Waals surface area contributed by atoms with Crippen molar-refractivity contribution >= 4 is 20.8 Å². The molecule has 0 aliphatic heterocycles. The SMILES string of the molecule is O=S(=O)(N[C]1CC1)c1cccc2ccccc12. The van der Waals surface area contributed by atoms with Gasteiger partial charge in [0.05, 0.1) is 10.9 Å². The van der Waals surface area contributed by atoms with E-state index in [0.29, 0.717) is 4.90 Å². The lowest BCUT2D eigenvalue weighted by Crippen LogP contribution is -2.21. The highest BCUT2D eigenvalue weighted by atomic mass is 32.2. The normalized spacial score (nSPS) is 16.2. The first-order valence-electron chi connectivity index (χ1n) is 5.52. The highest BCUT2D eigenvalue weighted by molar-refractivity contribution is 7.89. The second-order valence-electron chi connectivity index (χ2n) is 4.19. The largest absolute Gasteiger partial charge is 0.241 e. The van der Waals surface area contributed by atoms with Crippen molar-refractivity contribution in [1.29, 1.82) is 0 Å². The van der Waals surface area contributed by atoms with E-state index < -0.39 is 10.0 Å². The Bertz CT molecular complexity index is 655. The van der Waals surface area contributed by atoms with Crippen LogP contribution in [0.25, 0.3) is 10.8 Å². The Hall–Kier alpha value is -1.39. The molecule has 0 atom stereocenters. The molecule has 1 radical (unpaired) electrons. The van der Waals surface area contributed by atoms with E-state index in [4.69, 9.17) is 0 Å². The van der Waals surface area contributed by atoms with E-state index in [-0.39, 0.29) is 0 Å². The molecule has 0 unspecified atom stereocenters. The third kappa shape index (κ3) is 2.06. The molecule has 3 nitrogen and oxygen atoms in total. The molecule has 4 heteroatoms. The number of rotatable bonds is 3. The van der Waals surface area contributed by atoms with Gasteiger partial charge in [0.1, 0.15) is 0 Å². The summed E-state index contributed by atoms with van der Waals surface area (Å²) in [5.74, 6) is 0. The Morgan fingerprint density at radius 1 is 0.941 bits per heavy atom. The summed E-state index contributed by atoms with van der Waals surface area (Å²) in [6, 6.07) is 13.7. The molecule has 0 aromatic heterocycles. The summed E-state index contributed by atoms with van der Waals surface area (Å²) < 4.78 is 27.0. The molecule has 0 spiro atoms. The monoisotopic (exact) mass is 246 g/mol. The maximum Gasteiger partial charge on any atom is 0.241 e. The molecular weight excluding hydrogens is 234 g/mol. The first kappa shape index (κ1) is 10.7. The fraction of sp³-hybridized carbons (Fsp3) is 0.154. The predicted molar refractivity (Wildman–Crippen MR) is 66.7 cm³/mol. The van der Waals surface area contributed by atoms with Crippen LogP contribution in [0.4, 0.5) is 0 Å². The van der Waals surface area contributed by atoms with E-state index in [9.17, 15) is 8.42 Å². The number of hydrogen-bond acceptors (Lipinski definition) is 2. The zero-order chi connectivity index (χ0) is 11.9. The second kappa shape index (κ2) is 3.82. The molecule has 1 N–H and O–H groups in total. The maximum atomic E-state index is 12.2. The lowest BCUT2D eigenvalue weighted by atomic mass is 10.1. The maximum absolute atomic E-state index is 12.2. The van der Waals surface area contributed by atoms with Gasteiger partial charge in [0.15, 0.2) is 0 Å². The minimum Gasteiger partial charge on any atom is -0.207 e. The molecule has 0 heterocycles. The first-order valence-corrected chi connectivity index (χ1v) is 7.00. The summed E-state index contributed by atoms with van der Waals surface area (Å²) in [6.07, 6.45) is 1.73. The molecule has 2 aromatic rings. The van der Waals surface area contributed by atoms with Crippen LogP contribution in [0.5, 0.6) is 0 Å².